The van der Waals surface area contributed by atoms with Crippen molar-refractivity contribution in [3.8, 4) is 5.75 Å². The number of hydrogen-bond acceptors (Lipinski definition) is 3. The van der Waals surface area contributed by atoms with Crippen molar-refractivity contribution in [3.63, 3.8) is 0 Å². The van der Waals surface area contributed by atoms with E-state index in [-0.39, 0.29) is 35.5 Å². The molecule has 4 nitrogen and oxygen atoms in total. The molecule has 0 N–H and O–H groups in total. The Morgan fingerprint density at radius 2 is 1.14 bits per heavy atom. The van der Waals surface area contributed by atoms with E-state index >= 15 is 0 Å². The number of imide groups is 1. The maximum atomic E-state index is 13.7. The molecule has 2 aliphatic carbocycles. The van der Waals surface area contributed by atoms with Gasteiger partial charge in [0.2, 0.25) is 11.8 Å². The standard InChI is InChI=1S/C31H27NO3/c1-18-4-8-20(9-5-18)26(21-10-6-19(2)7-11-21)27-24-16-17-25(27)29-28(24)30(33)32(31(29)34)22-12-14-23(35-3)15-13-22/h4-17,24-25,28-29H,1-3H3/t24-,25-,28-,29+/m0/s1. The second-order valence-corrected chi connectivity index (χ2v) is 9.76. The van der Waals surface area contributed by atoms with Crippen molar-refractivity contribution in [1.82, 2.24) is 0 Å². The fourth-order valence-corrected chi connectivity index (χ4v) is 6.02. The first-order chi connectivity index (χ1) is 17.0. The molecule has 0 spiro atoms. The van der Waals surface area contributed by atoms with Gasteiger partial charge in [0.15, 0.2) is 0 Å². The van der Waals surface area contributed by atoms with Gasteiger partial charge in [0.25, 0.3) is 0 Å². The zero-order valence-corrected chi connectivity index (χ0v) is 20.1. The van der Waals surface area contributed by atoms with Crippen LogP contribution >= 0.6 is 0 Å². The van der Waals surface area contributed by atoms with Crippen LogP contribution in [0.5, 0.6) is 5.75 Å². The Kier molecular flexibility index (Phi) is 4.99. The summed E-state index contributed by atoms with van der Waals surface area (Å²) in [4.78, 5) is 28.8. The molecule has 0 radical (unpaired) electrons. The van der Waals surface area contributed by atoms with Gasteiger partial charge >= 0.3 is 0 Å². The molecule has 2 bridgehead atoms. The summed E-state index contributed by atoms with van der Waals surface area (Å²) in [7, 11) is 1.60. The molecule has 3 aromatic rings. The third-order valence-electron chi connectivity index (χ3n) is 7.72. The van der Waals surface area contributed by atoms with Crippen molar-refractivity contribution in [2.45, 2.75) is 13.8 Å². The number of rotatable bonds is 4. The van der Waals surface area contributed by atoms with Gasteiger partial charge in [0.05, 0.1) is 24.6 Å². The van der Waals surface area contributed by atoms with Gasteiger partial charge < -0.3 is 4.74 Å². The Morgan fingerprint density at radius 3 is 1.57 bits per heavy atom. The zero-order valence-electron chi connectivity index (χ0n) is 20.1. The highest BCUT2D eigenvalue weighted by Gasteiger charge is 2.62. The minimum absolute atomic E-state index is 0.0812. The van der Waals surface area contributed by atoms with E-state index in [0.717, 1.165) is 16.7 Å². The van der Waals surface area contributed by atoms with Crippen molar-refractivity contribution in [3.05, 3.63) is 113 Å². The molecule has 4 atom stereocenters. The highest BCUT2D eigenvalue weighted by Crippen LogP contribution is 2.58. The molecule has 2 fully saturated rings. The molecule has 3 aromatic carbocycles. The second kappa shape index (κ2) is 8.09. The van der Waals surface area contributed by atoms with E-state index in [1.807, 2.05) is 0 Å². The minimum Gasteiger partial charge on any atom is -0.497 e. The van der Waals surface area contributed by atoms with Crippen molar-refractivity contribution < 1.29 is 14.3 Å². The molecule has 1 heterocycles. The second-order valence-electron chi connectivity index (χ2n) is 9.76. The number of amides is 2. The number of ether oxygens (including phenoxy) is 1. The third kappa shape index (κ3) is 3.28. The van der Waals surface area contributed by atoms with E-state index in [0.29, 0.717) is 11.4 Å². The normalized spacial score (nSPS) is 24.3. The molecule has 2 amide bonds. The van der Waals surface area contributed by atoms with Crippen LogP contribution in [0.3, 0.4) is 0 Å². The number of anilines is 1. The molecule has 1 saturated carbocycles. The van der Waals surface area contributed by atoms with Gasteiger partial charge in [0.1, 0.15) is 5.75 Å². The molecule has 1 aliphatic heterocycles. The van der Waals surface area contributed by atoms with Crippen LogP contribution in [0.15, 0.2) is 90.5 Å². The van der Waals surface area contributed by atoms with Crippen LogP contribution in [0.25, 0.3) is 5.57 Å². The zero-order chi connectivity index (χ0) is 24.3. The Bertz CT molecular complexity index is 1300. The fourth-order valence-electron chi connectivity index (χ4n) is 6.02. The van der Waals surface area contributed by atoms with Gasteiger partial charge in [-0.15, -0.1) is 0 Å². The molecule has 3 aliphatic rings. The summed E-state index contributed by atoms with van der Waals surface area (Å²) >= 11 is 0. The average molecular weight is 462 g/mol. The summed E-state index contributed by atoms with van der Waals surface area (Å²) in [5.41, 5.74) is 7.61. The number of allylic oxidation sites excluding steroid dienone is 3. The first-order valence-electron chi connectivity index (χ1n) is 12.1. The lowest BCUT2D eigenvalue weighted by Crippen LogP contribution is -2.33. The molecule has 35 heavy (non-hydrogen) atoms. The van der Waals surface area contributed by atoms with Crippen LogP contribution in [0, 0.1) is 37.5 Å². The van der Waals surface area contributed by atoms with E-state index in [9.17, 15) is 9.59 Å². The first kappa shape index (κ1) is 21.6. The predicted molar refractivity (Wildman–Crippen MR) is 137 cm³/mol. The lowest BCUT2D eigenvalue weighted by molar-refractivity contribution is -0.122. The highest BCUT2D eigenvalue weighted by atomic mass is 16.5. The molecule has 174 valence electrons. The third-order valence-corrected chi connectivity index (χ3v) is 7.72. The number of aryl methyl sites for hydroxylation is 2. The molecular formula is C31H27NO3. The minimum atomic E-state index is -0.361. The van der Waals surface area contributed by atoms with Crippen LogP contribution in [0.2, 0.25) is 0 Å². The van der Waals surface area contributed by atoms with Gasteiger partial charge in [-0.2, -0.15) is 0 Å². The van der Waals surface area contributed by atoms with Crippen molar-refractivity contribution in [2.75, 3.05) is 12.0 Å². The van der Waals surface area contributed by atoms with E-state index in [4.69, 9.17) is 4.74 Å². The van der Waals surface area contributed by atoms with Gasteiger partial charge in [-0.25, -0.2) is 4.90 Å². The van der Waals surface area contributed by atoms with Crippen LogP contribution in [-0.4, -0.2) is 18.9 Å². The fraction of sp³-hybridized carbons (Fsp3) is 0.226. The molecule has 0 unspecified atom stereocenters. The van der Waals surface area contributed by atoms with E-state index in [2.05, 4.69) is 74.5 Å². The molecule has 0 aromatic heterocycles. The summed E-state index contributed by atoms with van der Waals surface area (Å²) in [6.07, 6.45) is 4.29. The quantitative estimate of drug-likeness (QED) is 0.368. The van der Waals surface area contributed by atoms with E-state index in [1.54, 1.807) is 31.4 Å². The lowest BCUT2D eigenvalue weighted by Gasteiger charge is -2.22. The van der Waals surface area contributed by atoms with Crippen molar-refractivity contribution >= 4 is 23.1 Å². The van der Waals surface area contributed by atoms with Gasteiger partial charge in [0, 0.05) is 11.8 Å². The van der Waals surface area contributed by atoms with Crippen LogP contribution < -0.4 is 9.64 Å². The Balaban J connectivity index is 1.46. The number of benzene rings is 3. The molecule has 4 heteroatoms. The van der Waals surface area contributed by atoms with Crippen LogP contribution in [0.1, 0.15) is 22.3 Å². The summed E-state index contributed by atoms with van der Waals surface area (Å²) in [6, 6.07) is 24.2. The number of carbonyl (C=O) groups excluding carboxylic acids is 2. The summed E-state index contributed by atoms with van der Waals surface area (Å²) < 4.78 is 5.24. The van der Waals surface area contributed by atoms with Crippen molar-refractivity contribution in [1.29, 1.82) is 0 Å². The highest BCUT2D eigenvalue weighted by molar-refractivity contribution is 6.23. The largest absolute Gasteiger partial charge is 0.497 e. The predicted octanol–water partition coefficient (Wildman–Crippen LogP) is 5.74. The number of methoxy groups -OCH3 is 1. The number of nitrogens with zero attached hydrogens (tertiary/aromatic N) is 1. The summed E-state index contributed by atoms with van der Waals surface area (Å²) in [6.45, 7) is 4.16. The van der Waals surface area contributed by atoms with Crippen LogP contribution in [-0.2, 0) is 9.59 Å². The van der Waals surface area contributed by atoms with Gasteiger partial charge in [-0.1, -0.05) is 71.8 Å². The maximum absolute atomic E-state index is 13.7. The SMILES string of the molecule is COc1ccc(N2C(=O)[C@@H]3[C@H](C2=O)[C@H]2C=C[C@H]3C2=C(c2ccc(C)cc2)c2ccc(C)cc2)cc1. The van der Waals surface area contributed by atoms with E-state index in [1.165, 1.54) is 21.6 Å². The molecular weight excluding hydrogens is 434 g/mol. The number of carbonyl (C=O) groups is 2. The molecule has 6 rings (SSSR count). The van der Waals surface area contributed by atoms with Gasteiger partial charge in [-0.05, 0) is 60.4 Å². The smallest absolute Gasteiger partial charge is 0.238 e. The Labute approximate surface area is 205 Å². The first-order valence-corrected chi connectivity index (χ1v) is 12.1. The van der Waals surface area contributed by atoms with Crippen molar-refractivity contribution in [2.24, 2.45) is 23.7 Å². The van der Waals surface area contributed by atoms with Crippen LogP contribution in [0.4, 0.5) is 5.69 Å². The summed E-state index contributed by atoms with van der Waals surface area (Å²) in [5.74, 6) is -0.398. The Morgan fingerprint density at radius 1 is 0.686 bits per heavy atom. The molecule has 1 saturated heterocycles. The monoisotopic (exact) mass is 461 g/mol. The summed E-state index contributed by atoms with van der Waals surface area (Å²) in [5, 5.41) is 0. The van der Waals surface area contributed by atoms with Gasteiger partial charge in [-0.3, -0.25) is 9.59 Å². The topological polar surface area (TPSA) is 46.6 Å². The number of hydrogen-bond donors (Lipinski definition) is 0. The average Bonchev–Trinajstić information content (AvgIpc) is 3.51. The number of fused-ring (bicyclic) bond motifs is 5. The van der Waals surface area contributed by atoms with E-state index < -0.39 is 0 Å². The lowest BCUT2D eigenvalue weighted by atomic mass is 9.85. The maximum Gasteiger partial charge on any atom is 0.238 e. The Hall–Kier alpha value is -3.92.